The summed E-state index contributed by atoms with van der Waals surface area (Å²) in [5.41, 5.74) is 4.02. The molecule has 0 saturated carbocycles. The van der Waals surface area contributed by atoms with E-state index in [1.807, 2.05) is 42.5 Å². The van der Waals surface area contributed by atoms with Crippen LogP contribution in [0.2, 0.25) is 5.02 Å². The molecule has 0 spiro atoms. The third kappa shape index (κ3) is 6.89. The fourth-order valence-electron chi connectivity index (χ4n) is 3.68. The predicted octanol–water partition coefficient (Wildman–Crippen LogP) is 6.30. The number of carboxylic acid groups (broad SMARTS) is 1. The Morgan fingerprint density at radius 1 is 1.00 bits per heavy atom. The van der Waals surface area contributed by atoms with Crippen LogP contribution in [0.1, 0.15) is 22.5 Å². The minimum absolute atomic E-state index is 0.112. The Hall–Kier alpha value is -4.30. The topological polar surface area (TPSA) is 111 Å². The Bertz CT molecular complexity index is 1380. The minimum atomic E-state index is -0.919. The molecular formula is C28H25ClN2O6. The number of nitrogens with one attached hydrogen (secondary N) is 1. The lowest BCUT2D eigenvalue weighted by Gasteiger charge is -2.11. The van der Waals surface area contributed by atoms with E-state index >= 15 is 0 Å². The number of hydrogen-bond donors (Lipinski definition) is 2. The van der Waals surface area contributed by atoms with Gasteiger partial charge in [-0.05, 0) is 30.2 Å². The number of anilines is 1. The number of para-hydroxylation sites is 1. The van der Waals surface area contributed by atoms with Crippen molar-refractivity contribution in [2.24, 2.45) is 0 Å². The Labute approximate surface area is 218 Å². The largest absolute Gasteiger partial charge is 0.489 e. The first kappa shape index (κ1) is 25.8. The summed E-state index contributed by atoms with van der Waals surface area (Å²) < 4.78 is 16.5. The summed E-state index contributed by atoms with van der Waals surface area (Å²) in [6, 6.07) is 21.9. The molecule has 0 aliphatic carbocycles. The molecule has 4 aromatic rings. The van der Waals surface area contributed by atoms with E-state index in [0.717, 1.165) is 16.7 Å². The molecule has 1 aromatic heterocycles. The number of aromatic nitrogens is 1. The zero-order valence-electron chi connectivity index (χ0n) is 20.1. The molecule has 190 valence electrons. The molecule has 4 rings (SSSR count). The van der Waals surface area contributed by atoms with Crippen LogP contribution in [-0.2, 0) is 29.0 Å². The van der Waals surface area contributed by atoms with Gasteiger partial charge >= 0.3 is 12.1 Å². The number of ether oxygens (including phenoxy) is 2. The van der Waals surface area contributed by atoms with Crippen molar-refractivity contribution in [3.63, 3.8) is 0 Å². The fourth-order valence-corrected chi connectivity index (χ4v) is 3.91. The first-order valence-electron chi connectivity index (χ1n) is 11.6. The van der Waals surface area contributed by atoms with Crippen LogP contribution in [0.4, 0.5) is 10.5 Å². The molecule has 1 amide bonds. The third-order valence-corrected chi connectivity index (χ3v) is 5.96. The summed E-state index contributed by atoms with van der Waals surface area (Å²) >= 11 is 6.14. The molecule has 9 heteroatoms. The standard InChI is InChI=1S/C28H25ClN2O6/c1-18-26(30-28(34)35-15-14-20-6-2-4-8-23(20)29)27(31-37-18)21-12-10-19(11-13-21)17-36-24-9-5-3-7-22(24)16-25(32)33/h2-13H,14-17H2,1H3,(H,30,34)(H,32,33). The van der Waals surface area contributed by atoms with E-state index in [4.69, 9.17) is 30.7 Å². The van der Waals surface area contributed by atoms with Crippen LogP contribution in [0.3, 0.4) is 0 Å². The smallest absolute Gasteiger partial charge is 0.411 e. The SMILES string of the molecule is Cc1onc(-c2ccc(COc3ccccc3CC(=O)O)cc2)c1NC(=O)OCCc1ccccc1Cl. The van der Waals surface area contributed by atoms with Crippen molar-refractivity contribution in [2.75, 3.05) is 11.9 Å². The van der Waals surface area contributed by atoms with Gasteiger partial charge in [0.1, 0.15) is 23.7 Å². The molecule has 1 heterocycles. The van der Waals surface area contributed by atoms with Crippen molar-refractivity contribution in [3.05, 3.63) is 100 Å². The van der Waals surface area contributed by atoms with Gasteiger partial charge in [0.25, 0.3) is 0 Å². The quantitative estimate of drug-likeness (QED) is 0.252. The number of aryl methyl sites for hydroxylation is 1. The number of nitrogens with zero attached hydrogens (tertiary/aromatic N) is 1. The molecule has 0 bridgehead atoms. The number of aliphatic carboxylic acids is 1. The molecule has 0 fully saturated rings. The second kappa shape index (κ2) is 12.1. The molecule has 3 aromatic carbocycles. The van der Waals surface area contributed by atoms with Gasteiger partial charge in [-0.2, -0.15) is 0 Å². The maximum atomic E-state index is 12.4. The van der Waals surface area contributed by atoms with Crippen molar-refractivity contribution in [1.82, 2.24) is 5.16 Å². The molecule has 0 saturated heterocycles. The second-order valence-corrected chi connectivity index (χ2v) is 8.64. The number of amides is 1. The van der Waals surface area contributed by atoms with E-state index < -0.39 is 12.1 Å². The van der Waals surface area contributed by atoms with Crippen LogP contribution >= 0.6 is 11.6 Å². The molecule has 0 aliphatic heterocycles. The molecule has 0 radical (unpaired) electrons. The van der Waals surface area contributed by atoms with Crippen molar-refractivity contribution < 1.29 is 28.7 Å². The molecule has 2 N–H and O–H groups in total. The molecular weight excluding hydrogens is 496 g/mol. The van der Waals surface area contributed by atoms with Crippen LogP contribution in [0, 0.1) is 6.92 Å². The van der Waals surface area contributed by atoms with Crippen molar-refractivity contribution in [3.8, 4) is 17.0 Å². The van der Waals surface area contributed by atoms with Crippen molar-refractivity contribution in [1.29, 1.82) is 0 Å². The number of hydrogen-bond acceptors (Lipinski definition) is 6. The van der Waals surface area contributed by atoms with Gasteiger partial charge in [0.15, 0.2) is 5.76 Å². The van der Waals surface area contributed by atoms with Gasteiger partial charge in [0.05, 0.1) is 13.0 Å². The molecule has 37 heavy (non-hydrogen) atoms. The average molecular weight is 521 g/mol. The number of carbonyl (C=O) groups is 2. The van der Waals surface area contributed by atoms with Crippen LogP contribution < -0.4 is 10.1 Å². The highest BCUT2D eigenvalue weighted by molar-refractivity contribution is 6.31. The number of carbonyl (C=O) groups excluding carboxylic acids is 1. The second-order valence-electron chi connectivity index (χ2n) is 8.23. The number of halogens is 1. The van der Waals surface area contributed by atoms with Crippen molar-refractivity contribution in [2.45, 2.75) is 26.4 Å². The maximum Gasteiger partial charge on any atom is 0.411 e. The van der Waals surface area contributed by atoms with E-state index in [1.54, 1.807) is 37.3 Å². The highest BCUT2D eigenvalue weighted by Gasteiger charge is 2.18. The van der Waals surface area contributed by atoms with E-state index in [9.17, 15) is 9.59 Å². The lowest BCUT2D eigenvalue weighted by atomic mass is 10.1. The van der Waals surface area contributed by atoms with Gasteiger partial charge in [-0.25, -0.2) is 4.79 Å². The molecule has 0 atom stereocenters. The first-order valence-corrected chi connectivity index (χ1v) is 11.9. The maximum absolute atomic E-state index is 12.4. The highest BCUT2D eigenvalue weighted by atomic mass is 35.5. The summed E-state index contributed by atoms with van der Waals surface area (Å²) in [6.07, 6.45) is -0.240. The Morgan fingerprint density at radius 2 is 1.70 bits per heavy atom. The summed E-state index contributed by atoms with van der Waals surface area (Å²) in [5.74, 6) is 0.0540. The third-order valence-electron chi connectivity index (χ3n) is 5.59. The van der Waals surface area contributed by atoms with Gasteiger partial charge in [-0.3, -0.25) is 10.1 Å². The Balaban J connectivity index is 1.36. The van der Waals surface area contributed by atoms with Crippen LogP contribution in [0.25, 0.3) is 11.3 Å². The van der Waals surface area contributed by atoms with E-state index in [0.29, 0.717) is 39.9 Å². The van der Waals surface area contributed by atoms with Crippen LogP contribution in [-0.4, -0.2) is 28.9 Å². The molecule has 8 nitrogen and oxygen atoms in total. The lowest BCUT2D eigenvalue weighted by Crippen LogP contribution is -2.16. The van der Waals surface area contributed by atoms with E-state index in [-0.39, 0.29) is 19.6 Å². The summed E-state index contributed by atoms with van der Waals surface area (Å²) in [4.78, 5) is 23.5. The van der Waals surface area contributed by atoms with Crippen LogP contribution in [0.5, 0.6) is 5.75 Å². The lowest BCUT2D eigenvalue weighted by molar-refractivity contribution is -0.136. The van der Waals surface area contributed by atoms with Gasteiger partial charge < -0.3 is 19.1 Å². The Morgan fingerprint density at radius 3 is 2.43 bits per heavy atom. The van der Waals surface area contributed by atoms with Gasteiger partial charge in [0, 0.05) is 22.6 Å². The predicted molar refractivity (Wildman–Crippen MR) is 139 cm³/mol. The Kier molecular flexibility index (Phi) is 8.43. The zero-order valence-corrected chi connectivity index (χ0v) is 20.8. The number of rotatable bonds is 10. The monoisotopic (exact) mass is 520 g/mol. The van der Waals surface area contributed by atoms with E-state index in [1.165, 1.54) is 0 Å². The highest BCUT2D eigenvalue weighted by Crippen LogP contribution is 2.30. The average Bonchev–Trinajstić information content (AvgIpc) is 3.24. The normalized spacial score (nSPS) is 10.6. The minimum Gasteiger partial charge on any atom is -0.489 e. The first-order chi connectivity index (χ1) is 17.9. The van der Waals surface area contributed by atoms with Crippen molar-refractivity contribution >= 4 is 29.4 Å². The summed E-state index contributed by atoms with van der Waals surface area (Å²) in [7, 11) is 0. The number of benzene rings is 3. The molecule has 0 aliphatic rings. The van der Waals surface area contributed by atoms with Gasteiger partial charge in [-0.15, -0.1) is 0 Å². The zero-order chi connectivity index (χ0) is 26.2. The fraction of sp³-hybridized carbons (Fsp3) is 0.179. The van der Waals surface area contributed by atoms with E-state index in [2.05, 4.69) is 10.5 Å². The molecule has 0 unspecified atom stereocenters. The van der Waals surface area contributed by atoms with Crippen LogP contribution in [0.15, 0.2) is 77.3 Å². The van der Waals surface area contributed by atoms with Gasteiger partial charge in [-0.1, -0.05) is 77.4 Å². The summed E-state index contributed by atoms with van der Waals surface area (Å²) in [5, 5.41) is 16.5. The summed E-state index contributed by atoms with van der Waals surface area (Å²) in [6.45, 7) is 2.13. The van der Waals surface area contributed by atoms with Gasteiger partial charge in [0.2, 0.25) is 0 Å². The number of carboxylic acids is 1.